The highest BCUT2D eigenvalue weighted by Gasteiger charge is 2.28. The summed E-state index contributed by atoms with van der Waals surface area (Å²) in [5.74, 6) is 0. The van der Waals surface area contributed by atoms with Gasteiger partial charge in [-0.25, -0.2) is 0 Å². The monoisotopic (exact) mass is 253 g/mol. The lowest BCUT2D eigenvalue weighted by molar-refractivity contribution is 0.126. The second-order valence-electron chi connectivity index (χ2n) is 7.14. The Morgan fingerprint density at radius 3 is 2.11 bits per heavy atom. The zero-order chi connectivity index (χ0) is 13.4. The Labute approximate surface area is 115 Å². The van der Waals surface area contributed by atoms with Crippen LogP contribution in [0.4, 0.5) is 0 Å². The molecule has 0 bridgehead atoms. The molecule has 1 fully saturated rings. The lowest BCUT2D eigenvalue weighted by atomic mass is 9.75. The van der Waals surface area contributed by atoms with Crippen molar-refractivity contribution in [2.45, 2.75) is 91.0 Å². The summed E-state index contributed by atoms with van der Waals surface area (Å²) < 4.78 is 0. The molecule has 108 valence electrons. The van der Waals surface area contributed by atoms with Gasteiger partial charge in [-0.05, 0) is 51.1 Å². The van der Waals surface area contributed by atoms with Gasteiger partial charge in [0.15, 0.2) is 0 Å². The molecule has 0 aromatic rings. The molecule has 0 amide bonds. The molecular weight excluding hydrogens is 218 g/mol. The molecule has 0 saturated heterocycles. The number of unbranched alkanes of at least 4 members (excludes halogenated alkanes) is 5. The minimum atomic E-state index is 0.609. The minimum Gasteiger partial charge on any atom is -0.303 e. The number of hydrogen-bond donors (Lipinski definition) is 0. The summed E-state index contributed by atoms with van der Waals surface area (Å²) in [6.45, 7) is 8.46. The molecule has 1 nitrogen and oxygen atoms in total. The van der Waals surface area contributed by atoms with Crippen LogP contribution < -0.4 is 0 Å². The van der Waals surface area contributed by atoms with Crippen LogP contribution in [-0.4, -0.2) is 24.5 Å². The van der Waals surface area contributed by atoms with Crippen LogP contribution in [-0.2, 0) is 0 Å². The molecule has 0 radical (unpaired) electrons. The highest BCUT2D eigenvalue weighted by Crippen LogP contribution is 2.36. The number of hydrogen-bond acceptors (Lipinski definition) is 1. The minimum absolute atomic E-state index is 0.609. The van der Waals surface area contributed by atoms with Gasteiger partial charge in [0.1, 0.15) is 0 Å². The van der Waals surface area contributed by atoms with Gasteiger partial charge in [-0.15, -0.1) is 0 Å². The van der Waals surface area contributed by atoms with Crippen molar-refractivity contribution in [2.24, 2.45) is 5.41 Å². The smallest absolute Gasteiger partial charge is 0.00926 e. The van der Waals surface area contributed by atoms with E-state index in [4.69, 9.17) is 0 Å². The molecule has 18 heavy (non-hydrogen) atoms. The summed E-state index contributed by atoms with van der Waals surface area (Å²) in [7, 11) is 2.34. The summed E-state index contributed by atoms with van der Waals surface area (Å²) in [5, 5.41) is 0. The highest BCUT2D eigenvalue weighted by atomic mass is 15.1. The molecule has 0 unspecified atom stereocenters. The summed E-state index contributed by atoms with van der Waals surface area (Å²) >= 11 is 0. The van der Waals surface area contributed by atoms with Gasteiger partial charge in [-0.3, -0.25) is 0 Å². The zero-order valence-corrected chi connectivity index (χ0v) is 13.3. The van der Waals surface area contributed by atoms with Crippen LogP contribution >= 0.6 is 0 Å². The molecule has 1 rings (SSSR count). The molecule has 0 heterocycles. The van der Waals surface area contributed by atoms with Gasteiger partial charge >= 0.3 is 0 Å². The normalized spacial score (nSPS) is 20.5. The SMILES string of the molecule is CCCCCCCCN(C)C1CCC(C)(C)CC1. The van der Waals surface area contributed by atoms with E-state index >= 15 is 0 Å². The Balaban J connectivity index is 2.05. The van der Waals surface area contributed by atoms with E-state index in [1.807, 2.05) is 0 Å². The fourth-order valence-corrected chi connectivity index (χ4v) is 3.15. The van der Waals surface area contributed by atoms with Gasteiger partial charge in [0.2, 0.25) is 0 Å². The van der Waals surface area contributed by atoms with Crippen LogP contribution in [0.15, 0.2) is 0 Å². The predicted molar refractivity (Wildman–Crippen MR) is 82.0 cm³/mol. The van der Waals surface area contributed by atoms with Crippen LogP contribution in [0, 0.1) is 5.41 Å². The van der Waals surface area contributed by atoms with Gasteiger partial charge in [-0.1, -0.05) is 52.9 Å². The Bertz CT molecular complexity index is 200. The molecule has 1 aliphatic carbocycles. The van der Waals surface area contributed by atoms with Crippen molar-refractivity contribution in [2.75, 3.05) is 13.6 Å². The number of nitrogens with zero attached hydrogens (tertiary/aromatic N) is 1. The maximum atomic E-state index is 2.63. The average molecular weight is 253 g/mol. The Kier molecular flexibility index (Phi) is 7.29. The lowest BCUT2D eigenvalue weighted by Gasteiger charge is -2.38. The van der Waals surface area contributed by atoms with E-state index in [9.17, 15) is 0 Å². The first-order valence-corrected chi connectivity index (χ1v) is 8.25. The highest BCUT2D eigenvalue weighted by molar-refractivity contribution is 4.82. The molecule has 1 saturated carbocycles. The quantitative estimate of drug-likeness (QED) is 0.534. The summed E-state index contributed by atoms with van der Waals surface area (Å²) in [4.78, 5) is 2.63. The molecule has 1 heteroatoms. The van der Waals surface area contributed by atoms with Gasteiger partial charge in [0.05, 0.1) is 0 Å². The Hall–Kier alpha value is -0.0400. The lowest BCUT2D eigenvalue weighted by Crippen LogP contribution is -2.37. The van der Waals surface area contributed by atoms with E-state index in [1.165, 1.54) is 70.8 Å². The molecule has 0 atom stereocenters. The molecule has 1 aliphatic rings. The molecule has 0 aromatic carbocycles. The maximum Gasteiger partial charge on any atom is 0.00926 e. The largest absolute Gasteiger partial charge is 0.303 e. The third-order valence-electron chi connectivity index (χ3n) is 4.80. The van der Waals surface area contributed by atoms with Crippen molar-refractivity contribution >= 4 is 0 Å². The second-order valence-corrected chi connectivity index (χ2v) is 7.14. The third kappa shape index (κ3) is 6.22. The topological polar surface area (TPSA) is 3.24 Å². The van der Waals surface area contributed by atoms with Crippen LogP contribution in [0.1, 0.15) is 85.0 Å². The second kappa shape index (κ2) is 8.19. The van der Waals surface area contributed by atoms with Gasteiger partial charge in [0, 0.05) is 6.04 Å². The first kappa shape index (κ1) is 16.0. The van der Waals surface area contributed by atoms with E-state index < -0.39 is 0 Å². The van der Waals surface area contributed by atoms with Crippen LogP contribution in [0.5, 0.6) is 0 Å². The average Bonchev–Trinajstić information content (AvgIpc) is 2.33. The fourth-order valence-electron chi connectivity index (χ4n) is 3.15. The van der Waals surface area contributed by atoms with E-state index in [0.717, 1.165) is 6.04 Å². The summed E-state index contributed by atoms with van der Waals surface area (Å²) in [6, 6.07) is 0.869. The van der Waals surface area contributed by atoms with E-state index in [-0.39, 0.29) is 0 Å². The molecule has 0 aromatic heterocycles. The van der Waals surface area contributed by atoms with Crippen molar-refractivity contribution in [1.29, 1.82) is 0 Å². The molecule has 0 aliphatic heterocycles. The Morgan fingerprint density at radius 2 is 1.50 bits per heavy atom. The fraction of sp³-hybridized carbons (Fsp3) is 1.00. The van der Waals surface area contributed by atoms with E-state index in [2.05, 4.69) is 32.7 Å². The molecule has 0 spiro atoms. The maximum absolute atomic E-state index is 2.63. The van der Waals surface area contributed by atoms with Gasteiger partial charge < -0.3 is 4.90 Å². The van der Waals surface area contributed by atoms with Crippen LogP contribution in [0.3, 0.4) is 0 Å². The first-order chi connectivity index (χ1) is 8.55. The summed E-state index contributed by atoms with van der Waals surface area (Å²) in [6.07, 6.45) is 14.2. The van der Waals surface area contributed by atoms with Crippen LogP contribution in [0.25, 0.3) is 0 Å². The van der Waals surface area contributed by atoms with Crippen molar-refractivity contribution in [1.82, 2.24) is 4.90 Å². The zero-order valence-electron chi connectivity index (χ0n) is 13.3. The van der Waals surface area contributed by atoms with E-state index in [1.54, 1.807) is 0 Å². The van der Waals surface area contributed by atoms with Crippen molar-refractivity contribution in [3.8, 4) is 0 Å². The summed E-state index contributed by atoms with van der Waals surface area (Å²) in [5.41, 5.74) is 0.609. The van der Waals surface area contributed by atoms with Crippen molar-refractivity contribution in [3.05, 3.63) is 0 Å². The van der Waals surface area contributed by atoms with Crippen LogP contribution in [0.2, 0.25) is 0 Å². The van der Waals surface area contributed by atoms with Gasteiger partial charge in [-0.2, -0.15) is 0 Å². The molecule has 0 N–H and O–H groups in total. The standard InChI is InChI=1S/C17H35N/c1-5-6-7-8-9-10-15-18(4)16-11-13-17(2,3)14-12-16/h16H,5-15H2,1-4H3. The van der Waals surface area contributed by atoms with Gasteiger partial charge in [0.25, 0.3) is 0 Å². The van der Waals surface area contributed by atoms with E-state index in [0.29, 0.717) is 5.41 Å². The number of rotatable bonds is 8. The van der Waals surface area contributed by atoms with Crippen molar-refractivity contribution < 1.29 is 0 Å². The third-order valence-corrected chi connectivity index (χ3v) is 4.80. The molecular formula is C17H35N. The first-order valence-electron chi connectivity index (χ1n) is 8.25. The Morgan fingerprint density at radius 1 is 0.944 bits per heavy atom. The van der Waals surface area contributed by atoms with Crippen molar-refractivity contribution in [3.63, 3.8) is 0 Å². The predicted octanol–water partition coefficient (Wildman–Crippen LogP) is 5.25.